The van der Waals surface area contributed by atoms with Crippen LogP contribution in [-0.2, 0) is 9.84 Å². The number of nitrogens with one attached hydrogen (secondary N) is 1. The molecule has 9 nitrogen and oxygen atoms in total. The van der Waals surface area contributed by atoms with Crippen molar-refractivity contribution in [2.75, 3.05) is 11.6 Å². The molecule has 1 heterocycles. The number of aromatic nitrogens is 2. The Bertz CT molecular complexity index is 945. The summed E-state index contributed by atoms with van der Waals surface area (Å²) in [5, 5.41) is 12.5. The molecule has 126 valence electrons. The summed E-state index contributed by atoms with van der Waals surface area (Å²) in [6.07, 6.45) is 1.89. The van der Waals surface area contributed by atoms with Gasteiger partial charge in [-0.2, -0.15) is 0 Å². The van der Waals surface area contributed by atoms with Gasteiger partial charge in [-0.15, -0.1) is 0 Å². The predicted octanol–water partition coefficient (Wildman–Crippen LogP) is 2.00. The number of nitro benzene ring substituents is 1. The maximum atomic E-state index is 12.3. The smallest absolute Gasteiger partial charge is 0.275 e. The van der Waals surface area contributed by atoms with Crippen molar-refractivity contribution in [2.24, 2.45) is 0 Å². The molecule has 0 atom stereocenters. The fourth-order valence-electron chi connectivity index (χ4n) is 1.73. The van der Waals surface area contributed by atoms with E-state index in [4.69, 9.17) is 11.6 Å². The lowest BCUT2D eigenvalue weighted by Gasteiger charge is -2.09. The van der Waals surface area contributed by atoms with Crippen molar-refractivity contribution in [3.63, 3.8) is 0 Å². The van der Waals surface area contributed by atoms with E-state index in [0.717, 1.165) is 12.5 Å². The molecule has 0 aliphatic carbocycles. The first kappa shape index (κ1) is 17.8. The van der Waals surface area contributed by atoms with Crippen molar-refractivity contribution in [3.05, 3.63) is 50.8 Å². The minimum absolute atomic E-state index is 0.150. The topological polar surface area (TPSA) is 132 Å². The first-order valence-corrected chi connectivity index (χ1v) is 8.65. The standard InChI is InChI=1S/C13H11ClN4O5S/c1-7-3-4-8(18(20)21)5-10(7)16-12(19)11-9(14)6-15-13(17-11)24(2,22)23/h3-6H,1-2H3,(H,16,19). The molecule has 0 radical (unpaired) electrons. The highest BCUT2D eigenvalue weighted by molar-refractivity contribution is 7.90. The van der Waals surface area contributed by atoms with Crippen molar-refractivity contribution in [2.45, 2.75) is 12.1 Å². The highest BCUT2D eigenvalue weighted by atomic mass is 35.5. The van der Waals surface area contributed by atoms with Crippen molar-refractivity contribution >= 4 is 38.7 Å². The summed E-state index contributed by atoms with van der Waals surface area (Å²) in [7, 11) is -3.72. The van der Waals surface area contributed by atoms with Crippen LogP contribution in [0.1, 0.15) is 16.1 Å². The molecular formula is C13H11ClN4O5S. The summed E-state index contributed by atoms with van der Waals surface area (Å²) >= 11 is 5.84. The molecule has 2 aromatic rings. The third-order valence-electron chi connectivity index (χ3n) is 2.95. The van der Waals surface area contributed by atoms with Crippen LogP contribution >= 0.6 is 11.6 Å². The number of anilines is 1. The molecule has 0 fully saturated rings. The fourth-order valence-corrected chi connectivity index (χ4v) is 2.41. The Balaban J connectivity index is 2.41. The number of rotatable bonds is 4. The van der Waals surface area contributed by atoms with E-state index >= 15 is 0 Å². The number of nitrogens with zero attached hydrogens (tertiary/aromatic N) is 3. The highest BCUT2D eigenvalue weighted by Crippen LogP contribution is 2.23. The van der Waals surface area contributed by atoms with Crippen LogP contribution in [0.15, 0.2) is 29.6 Å². The van der Waals surface area contributed by atoms with E-state index in [1.165, 1.54) is 18.2 Å². The average molecular weight is 371 g/mol. The van der Waals surface area contributed by atoms with Crippen LogP contribution in [0, 0.1) is 17.0 Å². The maximum Gasteiger partial charge on any atom is 0.275 e. The van der Waals surface area contributed by atoms with Gasteiger partial charge in [0.05, 0.1) is 21.8 Å². The van der Waals surface area contributed by atoms with Crippen LogP contribution in [0.5, 0.6) is 0 Å². The number of hydrogen-bond acceptors (Lipinski definition) is 7. The number of aryl methyl sites for hydroxylation is 1. The summed E-state index contributed by atoms with van der Waals surface area (Å²) in [5.41, 5.74) is 0.201. The largest absolute Gasteiger partial charge is 0.320 e. The van der Waals surface area contributed by atoms with Gasteiger partial charge in [-0.05, 0) is 12.5 Å². The van der Waals surface area contributed by atoms with Gasteiger partial charge in [0.25, 0.3) is 11.6 Å². The minimum Gasteiger partial charge on any atom is -0.320 e. The minimum atomic E-state index is -3.72. The van der Waals surface area contributed by atoms with Gasteiger partial charge >= 0.3 is 0 Å². The molecule has 11 heteroatoms. The molecule has 0 saturated heterocycles. The van der Waals surface area contributed by atoms with E-state index in [2.05, 4.69) is 15.3 Å². The van der Waals surface area contributed by atoms with Crippen LogP contribution in [0.2, 0.25) is 5.02 Å². The van der Waals surface area contributed by atoms with Crippen molar-refractivity contribution in [1.82, 2.24) is 9.97 Å². The third-order valence-corrected chi connectivity index (χ3v) is 4.09. The van der Waals surface area contributed by atoms with E-state index in [1.54, 1.807) is 6.92 Å². The zero-order valence-electron chi connectivity index (χ0n) is 12.5. The molecule has 24 heavy (non-hydrogen) atoms. The summed E-state index contributed by atoms with van der Waals surface area (Å²) in [4.78, 5) is 29.7. The summed E-state index contributed by atoms with van der Waals surface area (Å²) in [6, 6.07) is 3.95. The SMILES string of the molecule is Cc1ccc([N+](=O)[O-])cc1NC(=O)c1nc(S(C)(=O)=O)ncc1Cl. The Morgan fingerprint density at radius 1 is 1.38 bits per heavy atom. The lowest BCUT2D eigenvalue weighted by molar-refractivity contribution is -0.384. The second-order valence-electron chi connectivity index (χ2n) is 4.83. The molecule has 1 amide bonds. The Morgan fingerprint density at radius 2 is 2.04 bits per heavy atom. The fraction of sp³-hybridized carbons (Fsp3) is 0.154. The van der Waals surface area contributed by atoms with Gasteiger partial charge < -0.3 is 5.32 Å². The number of non-ortho nitro benzene ring substituents is 1. The maximum absolute atomic E-state index is 12.3. The van der Waals surface area contributed by atoms with E-state index < -0.39 is 25.8 Å². The second-order valence-corrected chi connectivity index (χ2v) is 7.15. The van der Waals surface area contributed by atoms with Crippen LogP contribution in [0.25, 0.3) is 0 Å². The van der Waals surface area contributed by atoms with Crippen LogP contribution in [0.4, 0.5) is 11.4 Å². The van der Waals surface area contributed by atoms with Crippen LogP contribution in [0.3, 0.4) is 0 Å². The molecular weight excluding hydrogens is 360 g/mol. The predicted molar refractivity (Wildman–Crippen MR) is 85.9 cm³/mol. The van der Waals surface area contributed by atoms with E-state index in [0.29, 0.717) is 5.56 Å². The number of nitro groups is 1. The molecule has 0 saturated carbocycles. The number of amides is 1. The van der Waals surface area contributed by atoms with Crippen LogP contribution in [-0.4, -0.2) is 35.5 Å². The number of hydrogen-bond donors (Lipinski definition) is 1. The monoisotopic (exact) mass is 370 g/mol. The first-order chi connectivity index (χ1) is 11.1. The van der Waals surface area contributed by atoms with Crippen molar-refractivity contribution < 1.29 is 18.1 Å². The molecule has 0 aliphatic rings. The van der Waals surface area contributed by atoms with Gasteiger partial charge in [-0.3, -0.25) is 14.9 Å². The summed E-state index contributed by atoms with van der Waals surface area (Å²) in [5.74, 6) is -0.809. The first-order valence-electron chi connectivity index (χ1n) is 6.38. The number of carbonyl (C=O) groups excluding carboxylic acids is 1. The Kier molecular flexibility index (Phi) is 4.81. The Hall–Kier alpha value is -2.59. The van der Waals surface area contributed by atoms with Gasteiger partial charge in [-0.25, -0.2) is 18.4 Å². The highest BCUT2D eigenvalue weighted by Gasteiger charge is 2.20. The molecule has 0 aliphatic heterocycles. The number of benzene rings is 1. The molecule has 0 spiro atoms. The van der Waals surface area contributed by atoms with Crippen molar-refractivity contribution in [3.8, 4) is 0 Å². The number of carbonyl (C=O) groups is 1. The number of sulfone groups is 1. The van der Waals surface area contributed by atoms with Gasteiger partial charge in [-0.1, -0.05) is 17.7 Å². The molecule has 1 aromatic heterocycles. The average Bonchev–Trinajstić information content (AvgIpc) is 2.48. The van der Waals surface area contributed by atoms with Crippen LogP contribution < -0.4 is 5.32 Å². The molecule has 0 bridgehead atoms. The molecule has 1 N–H and O–H groups in total. The second kappa shape index (κ2) is 6.49. The van der Waals surface area contributed by atoms with Gasteiger partial charge in [0.15, 0.2) is 5.69 Å². The zero-order chi connectivity index (χ0) is 18.1. The third kappa shape index (κ3) is 3.84. The molecule has 2 rings (SSSR count). The van der Waals surface area contributed by atoms with E-state index in [9.17, 15) is 23.3 Å². The summed E-state index contributed by atoms with van der Waals surface area (Å²) in [6.45, 7) is 1.64. The number of halogens is 1. The Morgan fingerprint density at radius 3 is 2.62 bits per heavy atom. The lowest BCUT2D eigenvalue weighted by Crippen LogP contribution is -2.17. The van der Waals surface area contributed by atoms with Crippen molar-refractivity contribution in [1.29, 1.82) is 0 Å². The van der Waals surface area contributed by atoms with Gasteiger partial charge in [0.2, 0.25) is 15.0 Å². The molecule has 1 aromatic carbocycles. The quantitative estimate of drug-likeness (QED) is 0.494. The lowest BCUT2D eigenvalue weighted by atomic mass is 10.1. The normalized spacial score (nSPS) is 11.1. The van der Waals surface area contributed by atoms with E-state index in [1.807, 2.05) is 0 Å². The molecule has 0 unspecified atom stereocenters. The summed E-state index contributed by atoms with van der Waals surface area (Å²) < 4.78 is 23.0. The Labute approximate surface area is 141 Å². The van der Waals surface area contributed by atoms with Gasteiger partial charge in [0, 0.05) is 18.4 Å². The van der Waals surface area contributed by atoms with Gasteiger partial charge in [0.1, 0.15) is 0 Å². The zero-order valence-corrected chi connectivity index (χ0v) is 14.1. The van der Waals surface area contributed by atoms with E-state index in [-0.39, 0.29) is 22.1 Å².